The lowest BCUT2D eigenvalue weighted by atomic mass is 10.1. The standard InChI is InChI=1S/C8H10ClN.C3H5ClO.C2H6/c1-6(10)7-2-4-8(9)5-3-7;1-3(5)2-4;1-2/h2-6H,10H2,1H3;2H2,1H3;1-2H3. The molecule has 0 radical (unpaired) electrons. The van der Waals surface area contributed by atoms with Gasteiger partial charge in [-0.3, -0.25) is 4.79 Å². The second-order valence-corrected chi connectivity index (χ2v) is 3.88. The van der Waals surface area contributed by atoms with Gasteiger partial charge in [-0.2, -0.15) is 0 Å². The van der Waals surface area contributed by atoms with Crippen LogP contribution in [0.25, 0.3) is 0 Å². The molecule has 0 saturated heterocycles. The summed E-state index contributed by atoms with van der Waals surface area (Å²) in [6.07, 6.45) is 0. The molecule has 1 aromatic rings. The summed E-state index contributed by atoms with van der Waals surface area (Å²) < 4.78 is 0. The first-order valence-electron chi connectivity index (χ1n) is 5.53. The lowest BCUT2D eigenvalue weighted by Crippen LogP contribution is -2.03. The van der Waals surface area contributed by atoms with Crippen LogP contribution in [-0.4, -0.2) is 11.7 Å². The molecule has 0 saturated carbocycles. The smallest absolute Gasteiger partial charge is 0.144 e. The molecule has 1 unspecified atom stereocenters. The van der Waals surface area contributed by atoms with Crippen molar-refractivity contribution in [2.75, 3.05) is 5.88 Å². The fourth-order valence-electron chi connectivity index (χ4n) is 0.766. The Labute approximate surface area is 114 Å². The third kappa shape index (κ3) is 11.7. The van der Waals surface area contributed by atoms with Crippen molar-refractivity contribution in [1.82, 2.24) is 0 Å². The molecule has 0 bridgehead atoms. The van der Waals surface area contributed by atoms with Crippen LogP contribution in [0, 0.1) is 0 Å². The second-order valence-electron chi connectivity index (χ2n) is 3.18. The largest absolute Gasteiger partial charge is 0.324 e. The van der Waals surface area contributed by atoms with E-state index in [0.717, 1.165) is 10.6 Å². The molecule has 0 aliphatic heterocycles. The number of hydrogen-bond donors (Lipinski definition) is 1. The van der Waals surface area contributed by atoms with Crippen LogP contribution >= 0.6 is 23.2 Å². The zero-order valence-corrected chi connectivity index (χ0v) is 12.3. The number of ketones is 1. The fraction of sp³-hybridized carbons (Fsp3) is 0.462. The van der Waals surface area contributed by atoms with Crippen LogP contribution in [0.15, 0.2) is 24.3 Å². The van der Waals surface area contributed by atoms with Gasteiger partial charge in [0.15, 0.2) is 0 Å². The number of carbonyl (C=O) groups excluding carboxylic acids is 1. The summed E-state index contributed by atoms with van der Waals surface area (Å²) in [7, 11) is 0. The Bertz CT molecular complexity index is 297. The van der Waals surface area contributed by atoms with E-state index in [4.69, 9.17) is 28.9 Å². The minimum atomic E-state index is 0.0201. The van der Waals surface area contributed by atoms with Gasteiger partial charge >= 0.3 is 0 Å². The maximum atomic E-state index is 9.68. The van der Waals surface area contributed by atoms with Gasteiger partial charge in [-0.15, -0.1) is 11.6 Å². The highest BCUT2D eigenvalue weighted by atomic mass is 35.5. The number of hydrogen-bond acceptors (Lipinski definition) is 2. The summed E-state index contributed by atoms with van der Waals surface area (Å²) in [5.74, 6) is 0.159. The van der Waals surface area contributed by atoms with Crippen molar-refractivity contribution in [3.8, 4) is 0 Å². The Morgan fingerprint density at radius 2 is 1.65 bits per heavy atom. The molecule has 0 aliphatic carbocycles. The fourth-order valence-corrected chi connectivity index (χ4v) is 0.892. The number of nitrogens with two attached hydrogens (primary N) is 1. The molecule has 0 amide bonds. The average molecular weight is 278 g/mol. The van der Waals surface area contributed by atoms with Crippen LogP contribution in [0.2, 0.25) is 5.02 Å². The van der Waals surface area contributed by atoms with Crippen molar-refractivity contribution in [2.24, 2.45) is 5.73 Å². The molecular formula is C13H21Cl2NO. The Hall–Kier alpha value is -0.570. The van der Waals surface area contributed by atoms with Gasteiger partial charge in [0.25, 0.3) is 0 Å². The summed E-state index contributed by atoms with van der Waals surface area (Å²) in [6, 6.07) is 7.66. The van der Waals surface area contributed by atoms with E-state index in [9.17, 15) is 4.79 Å². The highest BCUT2D eigenvalue weighted by molar-refractivity contribution is 6.30. The van der Waals surface area contributed by atoms with Crippen molar-refractivity contribution in [1.29, 1.82) is 0 Å². The lowest BCUT2D eigenvalue weighted by molar-refractivity contribution is -0.114. The topological polar surface area (TPSA) is 43.1 Å². The van der Waals surface area contributed by atoms with Crippen LogP contribution in [0.3, 0.4) is 0 Å². The van der Waals surface area contributed by atoms with Crippen LogP contribution < -0.4 is 5.73 Å². The minimum absolute atomic E-state index is 0.0201. The highest BCUT2D eigenvalue weighted by Crippen LogP contribution is 2.13. The van der Waals surface area contributed by atoms with Gasteiger partial charge in [0.05, 0.1) is 5.88 Å². The third-order valence-corrected chi connectivity index (χ3v) is 2.21. The molecule has 1 rings (SSSR count). The van der Waals surface area contributed by atoms with E-state index >= 15 is 0 Å². The normalized spacial score (nSPS) is 10.3. The van der Waals surface area contributed by atoms with Gasteiger partial charge in [-0.25, -0.2) is 0 Å². The van der Waals surface area contributed by atoms with Crippen molar-refractivity contribution in [3.63, 3.8) is 0 Å². The van der Waals surface area contributed by atoms with Crippen molar-refractivity contribution in [2.45, 2.75) is 33.7 Å². The summed E-state index contributed by atoms with van der Waals surface area (Å²) in [5, 5.41) is 0.754. The van der Waals surface area contributed by atoms with Crippen molar-refractivity contribution < 1.29 is 4.79 Å². The maximum Gasteiger partial charge on any atom is 0.144 e. The Kier molecular flexibility index (Phi) is 13.2. The van der Waals surface area contributed by atoms with E-state index in [1.54, 1.807) is 0 Å². The number of rotatable bonds is 2. The lowest BCUT2D eigenvalue weighted by Gasteiger charge is -2.03. The molecule has 0 aliphatic rings. The second kappa shape index (κ2) is 11.9. The number of Topliss-reactive ketones (excluding diaryl/α,β-unsaturated/α-hetero) is 1. The summed E-state index contributed by atoms with van der Waals surface area (Å²) in [5.41, 5.74) is 6.74. The number of carbonyl (C=O) groups is 1. The van der Waals surface area contributed by atoms with E-state index < -0.39 is 0 Å². The molecular weight excluding hydrogens is 257 g/mol. The van der Waals surface area contributed by atoms with Gasteiger partial charge in [-0.05, 0) is 31.5 Å². The van der Waals surface area contributed by atoms with E-state index in [2.05, 4.69) is 0 Å². The summed E-state index contributed by atoms with van der Waals surface area (Å²) in [6.45, 7) is 7.40. The predicted octanol–water partition coefficient (Wildman–Crippen LogP) is 4.20. The quantitative estimate of drug-likeness (QED) is 0.824. The first-order valence-corrected chi connectivity index (χ1v) is 6.45. The zero-order valence-electron chi connectivity index (χ0n) is 10.8. The average Bonchev–Trinajstić information content (AvgIpc) is 2.33. The third-order valence-electron chi connectivity index (χ3n) is 1.58. The van der Waals surface area contributed by atoms with Crippen LogP contribution in [0.5, 0.6) is 0 Å². The number of halogens is 2. The van der Waals surface area contributed by atoms with E-state index in [1.807, 2.05) is 45.0 Å². The van der Waals surface area contributed by atoms with E-state index in [-0.39, 0.29) is 17.7 Å². The summed E-state index contributed by atoms with van der Waals surface area (Å²) >= 11 is 10.7. The molecule has 2 N–H and O–H groups in total. The van der Waals surface area contributed by atoms with Crippen LogP contribution in [0.4, 0.5) is 0 Å². The first-order chi connectivity index (χ1) is 7.97. The van der Waals surface area contributed by atoms with Gasteiger partial charge < -0.3 is 5.73 Å². The molecule has 2 nitrogen and oxygen atoms in total. The number of alkyl halides is 1. The zero-order chi connectivity index (χ0) is 13.8. The molecule has 17 heavy (non-hydrogen) atoms. The van der Waals surface area contributed by atoms with Gasteiger partial charge in [-0.1, -0.05) is 37.6 Å². The molecule has 0 spiro atoms. The van der Waals surface area contributed by atoms with Crippen LogP contribution in [-0.2, 0) is 4.79 Å². The Morgan fingerprint density at radius 3 is 1.88 bits per heavy atom. The highest BCUT2D eigenvalue weighted by Gasteiger charge is 1.96. The summed E-state index contributed by atoms with van der Waals surface area (Å²) in [4.78, 5) is 9.68. The van der Waals surface area contributed by atoms with E-state index in [1.165, 1.54) is 6.92 Å². The Balaban J connectivity index is 0. The molecule has 0 heterocycles. The molecule has 1 aromatic carbocycles. The van der Waals surface area contributed by atoms with Crippen molar-refractivity contribution in [3.05, 3.63) is 34.9 Å². The minimum Gasteiger partial charge on any atom is -0.324 e. The maximum absolute atomic E-state index is 9.68. The molecule has 0 aromatic heterocycles. The van der Waals surface area contributed by atoms with Gasteiger partial charge in [0, 0.05) is 11.1 Å². The molecule has 98 valence electrons. The van der Waals surface area contributed by atoms with Gasteiger partial charge in [0.2, 0.25) is 0 Å². The molecule has 1 atom stereocenters. The Morgan fingerprint density at radius 1 is 1.29 bits per heavy atom. The van der Waals surface area contributed by atoms with Crippen LogP contribution in [0.1, 0.15) is 39.3 Å². The predicted molar refractivity (Wildman–Crippen MR) is 76.8 cm³/mol. The number of benzene rings is 1. The monoisotopic (exact) mass is 277 g/mol. The molecule has 0 fully saturated rings. The molecule has 4 heteroatoms. The first kappa shape index (κ1) is 18.8. The van der Waals surface area contributed by atoms with Crippen molar-refractivity contribution >= 4 is 29.0 Å². The van der Waals surface area contributed by atoms with E-state index in [0.29, 0.717) is 0 Å². The van der Waals surface area contributed by atoms with Gasteiger partial charge in [0.1, 0.15) is 5.78 Å². The SMILES string of the molecule is CC.CC(=O)CCl.CC(N)c1ccc(Cl)cc1.